The van der Waals surface area contributed by atoms with Gasteiger partial charge in [0.05, 0.1) is 0 Å². The Hall–Kier alpha value is -1.62. The Morgan fingerprint density at radius 1 is 1.35 bits per heavy atom. The van der Waals surface area contributed by atoms with Crippen LogP contribution in [0.1, 0.15) is 10.5 Å². The van der Waals surface area contributed by atoms with E-state index in [0.29, 0.717) is 11.4 Å². The molecule has 1 heterocycles. The SMILES string of the molecule is Cn1cc(Br)cc1C(=O)Nc1ccc(F)cc1. The molecule has 0 saturated heterocycles. The monoisotopic (exact) mass is 296 g/mol. The molecule has 3 nitrogen and oxygen atoms in total. The van der Waals surface area contributed by atoms with Crippen LogP contribution < -0.4 is 5.32 Å². The summed E-state index contributed by atoms with van der Waals surface area (Å²) in [5.41, 5.74) is 1.09. The van der Waals surface area contributed by atoms with E-state index >= 15 is 0 Å². The van der Waals surface area contributed by atoms with Crippen molar-refractivity contribution in [3.8, 4) is 0 Å². The van der Waals surface area contributed by atoms with E-state index in [0.717, 1.165) is 4.47 Å². The predicted octanol–water partition coefficient (Wildman–Crippen LogP) is 3.18. The van der Waals surface area contributed by atoms with E-state index in [9.17, 15) is 9.18 Å². The van der Waals surface area contributed by atoms with Gasteiger partial charge in [0, 0.05) is 23.4 Å². The summed E-state index contributed by atoms with van der Waals surface area (Å²) in [6.07, 6.45) is 1.79. The molecule has 1 aromatic carbocycles. The third kappa shape index (κ3) is 2.74. The van der Waals surface area contributed by atoms with Gasteiger partial charge in [-0.1, -0.05) is 0 Å². The zero-order valence-electron chi connectivity index (χ0n) is 9.08. The van der Waals surface area contributed by atoms with Crippen LogP contribution in [-0.4, -0.2) is 10.5 Å². The van der Waals surface area contributed by atoms with Crippen LogP contribution in [0.3, 0.4) is 0 Å². The van der Waals surface area contributed by atoms with E-state index in [1.54, 1.807) is 23.9 Å². The van der Waals surface area contributed by atoms with Crippen LogP contribution in [0.25, 0.3) is 0 Å². The highest BCUT2D eigenvalue weighted by Gasteiger charge is 2.10. The van der Waals surface area contributed by atoms with Crippen LogP contribution >= 0.6 is 15.9 Å². The van der Waals surface area contributed by atoms with Gasteiger partial charge in [0.1, 0.15) is 11.5 Å². The predicted molar refractivity (Wildman–Crippen MR) is 67.5 cm³/mol. The van der Waals surface area contributed by atoms with Crippen LogP contribution in [0.15, 0.2) is 41.0 Å². The normalized spacial score (nSPS) is 10.3. The minimum Gasteiger partial charge on any atom is -0.345 e. The number of halogens is 2. The van der Waals surface area contributed by atoms with Crippen molar-refractivity contribution in [1.29, 1.82) is 0 Å². The molecule has 0 bridgehead atoms. The lowest BCUT2D eigenvalue weighted by atomic mass is 10.3. The molecular weight excluding hydrogens is 287 g/mol. The average molecular weight is 297 g/mol. The lowest BCUT2D eigenvalue weighted by molar-refractivity contribution is 0.101. The second kappa shape index (κ2) is 4.71. The van der Waals surface area contributed by atoms with E-state index in [1.165, 1.54) is 24.3 Å². The highest BCUT2D eigenvalue weighted by Crippen LogP contribution is 2.15. The number of hydrogen-bond acceptors (Lipinski definition) is 1. The van der Waals surface area contributed by atoms with Gasteiger partial charge < -0.3 is 9.88 Å². The number of aryl methyl sites for hydroxylation is 1. The fourth-order valence-electron chi connectivity index (χ4n) is 1.48. The van der Waals surface area contributed by atoms with Gasteiger partial charge in [0.25, 0.3) is 5.91 Å². The first-order chi connectivity index (χ1) is 8.06. The maximum atomic E-state index is 12.7. The summed E-state index contributed by atoms with van der Waals surface area (Å²) in [5, 5.41) is 2.69. The van der Waals surface area contributed by atoms with Gasteiger partial charge in [-0.3, -0.25) is 4.79 Å². The van der Waals surface area contributed by atoms with E-state index < -0.39 is 0 Å². The van der Waals surface area contributed by atoms with Crippen molar-refractivity contribution in [2.24, 2.45) is 7.05 Å². The van der Waals surface area contributed by atoms with Gasteiger partial charge in [-0.25, -0.2) is 4.39 Å². The molecule has 1 aromatic heterocycles. The molecule has 0 spiro atoms. The summed E-state index contributed by atoms with van der Waals surface area (Å²) >= 11 is 3.30. The number of carbonyl (C=O) groups excluding carboxylic acids is 1. The lowest BCUT2D eigenvalue weighted by Gasteiger charge is -2.05. The number of anilines is 1. The molecule has 0 aliphatic heterocycles. The van der Waals surface area contributed by atoms with Gasteiger partial charge in [-0.2, -0.15) is 0 Å². The molecule has 17 heavy (non-hydrogen) atoms. The summed E-state index contributed by atoms with van der Waals surface area (Å²) in [6, 6.07) is 7.36. The van der Waals surface area contributed by atoms with Gasteiger partial charge in [-0.05, 0) is 46.3 Å². The van der Waals surface area contributed by atoms with Crippen molar-refractivity contribution in [3.63, 3.8) is 0 Å². The van der Waals surface area contributed by atoms with Crippen LogP contribution in [0.2, 0.25) is 0 Å². The van der Waals surface area contributed by atoms with Crippen molar-refractivity contribution >= 4 is 27.5 Å². The second-order valence-electron chi connectivity index (χ2n) is 3.62. The highest BCUT2D eigenvalue weighted by atomic mass is 79.9. The number of amides is 1. The molecule has 2 rings (SSSR count). The zero-order chi connectivity index (χ0) is 12.4. The summed E-state index contributed by atoms with van der Waals surface area (Å²) in [6.45, 7) is 0. The van der Waals surface area contributed by atoms with Crippen LogP contribution in [0.5, 0.6) is 0 Å². The third-order valence-electron chi connectivity index (χ3n) is 2.31. The Morgan fingerprint density at radius 3 is 2.53 bits per heavy atom. The van der Waals surface area contributed by atoms with Crippen molar-refractivity contribution in [2.45, 2.75) is 0 Å². The fourth-order valence-corrected chi connectivity index (χ4v) is 2.00. The number of nitrogens with one attached hydrogen (secondary N) is 1. The van der Waals surface area contributed by atoms with Gasteiger partial charge in [0.2, 0.25) is 0 Å². The summed E-state index contributed by atoms with van der Waals surface area (Å²) in [4.78, 5) is 11.9. The standard InChI is InChI=1S/C12H10BrFN2O/c1-16-7-8(13)6-11(16)12(17)15-10-4-2-9(14)3-5-10/h2-7H,1H3,(H,15,17). The van der Waals surface area contributed by atoms with Gasteiger partial charge in [0.15, 0.2) is 0 Å². The largest absolute Gasteiger partial charge is 0.345 e. The Balaban J connectivity index is 2.17. The number of nitrogens with zero attached hydrogens (tertiary/aromatic N) is 1. The lowest BCUT2D eigenvalue weighted by Crippen LogP contribution is -2.15. The third-order valence-corrected chi connectivity index (χ3v) is 2.74. The Kier molecular flexibility index (Phi) is 3.28. The first-order valence-corrected chi connectivity index (χ1v) is 5.74. The number of aromatic nitrogens is 1. The zero-order valence-corrected chi connectivity index (χ0v) is 10.7. The molecular formula is C12H10BrFN2O. The average Bonchev–Trinajstić information content (AvgIpc) is 2.61. The minimum absolute atomic E-state index is 0.232. The molecule has 0 saturated carbocycles. The van der Waals surface area contributed by atoms with Gasteiger partial charge >= 0.3 is 0 Å². The molecule has 88 valence electrons. The van der Waals surface area contributed by atoms with E-state index in [4.69, 9.17) is 0 Å². The Labute approximate surface area is 106 Å². The molecule has 2 aromatic rings. The molecule has 1 amide bonds. The first kappa shape index (κ1) is 11.9. The quantitative estimate of drug-likeness (QED) is 0.907. The fraction of sp³-hybridized carbons (Fsp3) is 0.0833. The Bertz CT molecular complexity index is 548. The second-order valence-corrected chi connectivity index (χ2v) is 4.53. The molecule has 1 N–H and O–H groups in total. The van der Waals surface area contributed by atoms with Crippen molar-refractivity contribution in [3.05, 3.63) is 52.5 Å². The summed E-state index contributed by atoms with van der Waals surface area (Å²) in [7, 11) is 1.78. The number of hydrogen-bond donors (Lipinski definition) is 1. The molecule has 0 unspecified atom stereocenters. The van der Waals surface area contributed by atoms with Crippen molar-refractivity contribution in [1.82, 2.24) is 4.57 Å². The smallest absolute Gasteiger partial charge is 0.272 e. The molecule has 0 aliphatic carbocycles. The molecule has 0 aliphatic rings. The van der Waals surface area contributed by atoms with Crippen LogP contribution in [-0.2, 0) is 7.05 Å². The Morgan fingerprint density at radius 2 is 2.00 bits per heavy atom. The maximum Gasteiger partial charge on any atom is 0.272 e. The summed E-state index contributed by atoms with van der Waals surface area (Å²) in [5.74, 6) is -0.561. The molecule has 5 heteroatoms. The molecule has 0 fully saturated rings. The van der Waals surface area contributed by atoms with Crippen molar-refractivity contribution < 1.29 is 9.18 Å². The topological polar surface area (TPSA) is 34.0 Å². The number of carbonyl (C=O) groups is 1. The van der Waals surface area contributed by atoms with E-state index in [-0.39, 0.29) is 11.7 Å². The molecule has 0 atom stereocenters. The van der Waals surface area contributed by atoms with Crippen LogP contribution in [0, 0.1) is 5.82 Å². The number of rotatable bonds is 2. The minimum atomic E-state index is -0.329. The van der Waals surface area contributed by atoms with E-state index in [2.05, 4.69) is 21.2 Å². The van der Waals surface area contributed by atoms with Gasteiger partial charge in [-0.15, -0.1) is 0 Å². The van der Waals surface area contributed by atoms with E-state index in [1.807, 2.05) is 0 Å². The highest BCUT2D eigenvalue weighted by molar-refractivity contribution is 9.10. The molecule has 0 radical (unpaired) electrons. The van der Waals surface area contributed by atoms with Crippen molar-refractivity contribution in [2.75, 3.05) is 5.32 Å². The van der Waals surface area contributed by atoms with Crippen LogP contribution in [0.4, 0.5) is 10.1 Å². The first-order valence-electron chi connectivity index (χ1n) is 4.95. The summed E-state index contributed by atoms with van der Waals surface area (Å²) < 4.78 is 15.2. The number of benzene rings is 1. The maximum absolute atomic E-state index is 12.7.